The molecule has 2 heterocycles. The van der Waals surface area contributed by atoms with Gasteiger partial charge in [-0.2, -0.15) is 13.2 Å². The fourth-order valence-corrected chi connectivity index (χ4v) is 2.98. The number of carbonyl (C=O) groups is 1. The zero-order valence-electron chi connectivity index (χ0n) is 11.4. The van der Waals surface area contributed by atoms with Crippen molar-refractivity contribution in [1.82, 2.24) is 9.88 Å². The Hall–Kier alpha value is -1.35. The second kappa shape index (κ2) is 6.18. The Bertz CT molecular complexity index is 498. The Balaban J connectivity index is 1.93. The minimum absolute atomic E-state index is 0.134. The van der Waals surface area contributed by atoms with Gasteiger partial charge in [0, 0.05) is 25.5 Å². The molecule has 1 amide bonds. The minimum atomic E-state index is -4.60. The van der Waals surface area contributed by atoms with E-state index < -0.39 is 18.2 Å². The quantitative estimate of drug-likeness (QED) is 0.892. The molecular formula is C12H16F3N3O2S. The predicted octanol–water partition coefficient (Wildman–Crippen LogP) is 1.96. The number of piperidine rings is 1. The Labute approximate surface area is 123 Å². The number of halogens is 3. The summed E-state index contributed by atoms with van der Waals surface area (Å²) in [6, 6.07) is 0. The number of aliphatic hydroxyl groups is 1. The highest BCUT2D eigenvalue weighted by Gasteiger charge is 2.44. The van der Waals surface area contributed by atoms with Gasteiger partial charge in [0.05, 0.1) is 0 Å². The van der Waals surface area contributed by atoms with Gasteiger partial charge in [-0.15, -0.1) is 11.3 Å². The maximum absolute atomic E-state index is 12.4. The van der Waals surface area contributed by atoms with Crippen LogP contribution in [0.5, 0.6) is 0 Å². The van der Waals surface area contributed by atoms with Crippen LogP contribution in [0.2, 0.25) is 0 Å². The van der Waals surface area contributed by atoms with Gasteiger partial charge in [-0.3, -0.25) is 4.79 Å². The molecule has 1 saturated heterocycles. The van der Waals surface area contributed by atoms with E-state index in [1.807, 2.05) is 0 Å². The molecule has 1 aromatic heterocycles. The summed E-state index contributed by atoms with van der Waals surface area (Å²) in [5.41, 5.74) is 0.291. The number of nitrogens with one attached hydrogen (secondary N) is 1. The smallest absolute Gasteiger partial charge is 0.383 e. The zero-order chi connectivity index (χ0) is 15.6. The van der Waals surface area contributed by atoms with Gasteiger partial charge in [0.1, 0.15) is 5.69 Å². The summed E-state index contributed by atoms with van der Waals surface area (Å²) in [6.45, 7) is 0.395. The number of aromatic nitrogens is 1. The minimum Gasteiger partial charge on any atom is -0.383 e. The highest BCUT2D eigenvalue weighted by molar-refractivity contribution is 7.13. The normalized spacial score (nSPS) is 18.6. The molecule has 0 saturated carbocycles. The number of likely N-dealkylation sites (tertiary alicyclic amines) is 1. The number of amides is 1. The van der Waals surface area contributed by atoms with Crippen LogP contribution in [-0.2, 0) is 0 Å². The van der Waals surface area contributed by atoms with Crippen LogP contribution < -0.4 is 5.32 Å². The number of rotatable bonds is 3. The van der Waals surface area contributed by atoms with Crippen LogP contribution in [0, 0.1) is 5.92 Å². The van der Waals surface area contributed by atoms with E-state index in [0.717, 1.165) is 0 Å². The summed E-state index contributed by atoms with van der Waals surface area (Å²) < 4.78 is 37.3. The van der Waals surface area contributed by atoms with Gasteiger partial charge in [0.2, 0.25) is 0 Å². The maximum Gasteiger partial charge on any atom is 0.414 e. The third-order valence-corrected chi connectivity index (χ3v) is 4.41. The Morgan fingerprint density at radius 2 is 2.14 bits per heavy atom. The number of anilines is 1. The molecule has 0 radical (unpaired) electrons. The van der Waals surface area contributed by atoms with Crippen molar-refractivity contribution in [2.75, 3.05) is 25.5 Å². The molecule has 0 aliphatic carbocycles. The number of hydrogen-bond donors (Lipinski definition) is 2. The van der Waals surface area contributed by atoms with Gasteiger partial charge in [-0.1, -0.05) is 0 Å². The van der Waals surface area contributed by atoms with E-state index in [2.05, 4.69) is 10.3 Å². The highest BCUT2D eigenvalue weighted by Crippen LogP contribution is 2.32. The topological polar surface area (TPSA) is 65.5 Å². The van der Waals surface area contributed by atoms with Crippen LogP contribution in [0.4, 0.5) is 18.3 Å². The lowest BCUT2D eigenvalue weighted by Crippen LogP contribution is -2.45. The number of aliphatic hydroxyl groups excluding tert-OH is 1. The van der Waals surface area contributed by atoms with Crippen LogP contribution in [0.1, 0.15) is 23.3 Å². The fourth-order valence-electron chi connectivity index (χ4n) is 2.33. The van der Waals surface area contributed by atoms with Gasteiger partial charge >= 0.3 is 6.18 Å². The van der Waals surface area contributed by atoms with Crippen molar-refractivity contribution in [3.05, 3.63) is 11.1 Å². The van der Waals surface area contributed by atoms with Crippen LogP contribution in [0.3, 0.4) is 0 Å². The largest absolute Gasteiger partial charge is 0.414 e. The average Bonchev–Trinajstić information content (AvgIpc) is 2.94. The first-order chi connectivity index (χ1) is 9.82. The molecule has 2 rings (SSSR count). The molecule has 1 aromatic rings. The number of alkyl halides is 3. The lowest BCUT2D eigenvalue weighted by Gasteiger charge is -2.34. The van der Waals surface area contributed by atoms with Crippen LogP contribution in [-0.4, -0.2) is 53.3 Å². The lowest BCUT2D eigenvalue weighted by atomic mass is 9.91. The van der Waals surface area contributed by atoms with E-state index in [1.54, 1.807) is 12.4 Å². The molecule has 0 spiro atoms. The second-order valence-electron chi connectivity index (χ2n) is 4.90. The molecule has 21 heavy (non-hydrogen) atoms. The summed E-state index contributed by atoms with van der Waals surface area (Å²) in [4.78, 5) is 17.7. The van der Waals surface area contributed by atoms with E-state index in [0.29, 0.717) is 10.8 Å². The average molecular weight is 323 g/mol. The first-order valence-corrected chi connectivity index (χ1v) is 7.38. The van der Waals surface area contributed by atoms with Crippen LogP contribution in [0.25, 0.3) is 0 Å². The fraction of sp³-hybridized carbons (Fsp3) is 0.667. The van der Waals surface area contributed by atoms with Gasteiger partial charge < -0.3 is 15.3 Å². The van der Waals surface area contributed by atoms with Gasteiger partial charge in [0.25, 0.3) is 5.91 Å². The van der Waals surface area contributed by atoms with Crippen molar-refractivity contribution in [3.8, 4) is 0 Å². The summed E-state index contributed by atoms with van der Waals surface area (Å²) in [7, 11) is 1.69. The first-order valence-electron chi connectivity index (χ1n) is 6.50. The predicted molar refractivity (Wildman–Crippen MR) is 72.4 cm³/mol. The van der Waals surface area contributed by atoms with Gasteiger partial charge in [-0.05, 0) is 18.8 Å². The molecule has 118 valence electrons. The Kier molecular flexibility index (Phi) is 4.72. The molecule has 0 aromatic carbocycles. The zero-order valence-corrected chi connectivity index (χ0v) is 12.2. The Morgan fingerprint density at radius 3 is 2.62 bits per heavy atom. The number of hydrogen-bond acceptors (Lipinski definition) is 5. The molecule has 1 aliphatic heterocycles. The van der Waals surface area contributed by atoms with Crippen molar-refractivity contribution in [3.63, 3.8) is 0 Å². The van der Waals surface area contributed by atoms with Crippen molar-refractivity contribution >= 4 is 22.4 Å². The molecular weight excluding hydrogens is 307 g/mol. The SMILES string of the molecule is CNc1nc(C(=O)N2CCC(C(O)C(F)(F)F)CC2)cs1. The number of nitrogens with zero attached hydrogens (tertiary/aromatic N) is 2. The maximum atomic E-state index is 12.4. The molecule has 1 unspecified atom stereocenters. The Morgan fingerprint density at radius 1 is 1.52 bits per heavy atom. The van der Waals surface area contributed by atoms with Crippen molar-refractivity contribution in [2.24, 2.45) is 5.92 Å². The standard InChI is InChI=1S/C12H16F3N3O2S/c1-16-11-17-8(6-21-11)10(20)18-4-2-7(3-5-18)9(19)12(13,14)15/h6-7,9,19H,2-5H2,1H3,(H,16,17). The summed E-state index contributed by atoms with van der Waals surface area (Å²) >= 11 is 1.29. The molecule has 0 bridgehead atoms. The lowest BCUT2D eigenvalue weighted by molar-refractivity contribution is -0.222. The van der Waals surface area contributed by atoms with Crippen molar-refractivity contribution in [1.29, 1.82) is 0 Å². The third-order valence-electron chi connectivity index (χ3n) is 3.55. The molecule has 9 heteroatoms. The summed E-state index contributed by atoms with van der Waals surface area (Å²) in [6.07, 6.45) is -6.65. The number of carbonyl (C=O) groups excluding carboxylic acids is 1. The summed E-state index contributed by atoms with van der Waals surface area (Å²) in [5.74, 6) is -1.13. The van der Waals surface area contributed by atoms with E-state index >= 15 is 0 Å². The van der Waals surface area contributed by atoms with Crippen LogP contribution >= 0.6 is 11.3 Å². The monoisotopic (exact) mass is 323 g/mol. The molecule has 2 N–H and O–H groups in total. The molecule has 5 nitrogen and oxygen atoms in total. The second-order valence-corrected chi connectivity index (χ2v) is 5.76. The first kappa shape index (κ1) is 16.0. The van der Waals surface area contributed by atoms with Crippen molar-refractivity contribution in [2.45, 2.75) is 25.1 Å². The molecule has 1 atom stereocenters. The van der Waals surface area contributed by atoms with E-state index in [4.69, 9.17) is 0 Å². The van der Waals surface area contributed by atoms with Crippen LogP contribution in [0.15, 0.2) is 5.38 Å². The third kappa shape index (κ3) is 3.65. The van der Waals surface area contributed by atoms with Gasteiger partial charge in [-0.25, -0.2) is 4.98 Å². The van der Waals surface area contributed by atoms with E-state index in [-0.39, 0.29) is 31.8 Å². The highest BCUT2D eigenvalue weighted by atomic mass is 32.1. The molecule has 1 fully saturated rings. The number of thiazole rings is 1. The van der Waals surface area contributed by atoms with Crippen molar-refractivity contribution < 1.29 is 23.1 Å². The van der Waals surface area contributed by atoms with Gasteiger partial charge in [0.15, 0.2) is 11.2 Å². The van der Waals surface area contributed by atoms with E-state index in [9.17, 15) is 23.1 Å². The van der Waals surface area contributed by atoms with E-state index in [1.165, 1.54) is 16.2 Å². The molecule has 1 aliphatic rings. The summed E-state index contributed by atoms with van der Waals surface area (Å²) in [5, 5.41) is 14.3.